The fourth-order valence-electron chi connectivity index (χ4n) is 1.88. The number of ether oxygens (including phenoxy) is 2. The van der Waals surface area contributed by atoms with Crippen molar-refractivity contribution in [1.82, 2.24) is 0 Å². The van der Waals surface area contributed by atoms with Crippen molar-refractivity contribution in [3.8, 4) is 0 Å². The van der Waals surface area contributed by atoms with Crippen molar-refractivity contribution in [2.24, 2.45) is 0 Å². The molecule has 0 unspecified atom stereocenters. The Morgan fingerprint density at radius 1 is 0.920 bits per heavy atom. The van der Waals surface area contributed by atoms with E-state index in [4.69, 9.17) is 13.9 Å². The number of carbonyl (C=O) groups excluding carboxylic acids is 4. The Morgan fingerprint density at radius 3 is 2.12 bits per heavy atom. The minimum absolute atomic E-state index is 0.00598. The quantitative estimate of drug-likeness (QED) is 0.343. The van der Waals surface area contributed by atoms with E-state index in [1.54, 1.807) is 19.9 Å². The van der Waals surface area contributed by atoms with E-state index in [0.29, 0.717) is 5.76 Å². The van der Waals surface area contributed by atoms with Gasteiger partial charge in [-0.2, -0.15) is 0 Å². The van der Waals surface area contributed by atoms with Gasteiger partial charge in [-0.25, -0.2) is 0 Å². The monoisotopic (exact) mass is 350 g/mol. The number of esters is 2. The average Bonchev–Trinajstić information content (AvgIpc) is 3.05. The largest absolute Gasteiger partial charge is 0.466 e. The molecule has 0 saturated carbocycles. The van der Waals surface area contributed by atoms with Crippen LogP contribution < -0.4 is 0 Å². The minimum Gasteiger partial charge on any atom is -0.466 e. The number of ketones is 2. The van der Waals surface area contributed by atoms with Gasteiger partial charge in [0.25, 0.3) is 0 Å². The number of carbonyl (C=O) groups is 4. The average molecular weight is 350 g/mol. The molecule has 7 heteroatoms. The molecule has 25 heavy (non-hydrogen) atoms. The van der Waals surface area contributed by atoms with Crippen LogP contribution >= 0.6 is 0 Å². The zero-order valence-corrected chi connectivity index (χ0v) is 14.4. The summed E-state index contributed by atoms with van der Waals surface area (Å²) < 4.78 is 14.8. The lowest BCUT2D eigenvalue weighted by Crippen LogP contribution is -2.07. The number of hydrogen-bond acceptors (Lipinski definition) is 7. The van der Waals surface area contributed by atoms with Crippen molar-refractivity contribution in [2.45, 2.75) is 39.5 Å². The molecule has 1 rings (SSSR count). The van der Waals surface area contributed by atoms with Gasteiger partial charge in [-0.1, -0.05) is 0 Å². The molecule has 0 aromatic carbocycles. The maximum Gasteiger partial charge on any atom is 0.306 e. The lowest BCUT2D eigenvalue weighted by molar-refractivity contribution is -0.144. The Hall–Kier alpha value is -2.70. The maximum atomic E-state index is 11.9. The summed E-state index contributed by atoms with van der Waals surface area (Å²) in [4.78, 5) is 45.9. The second-order valence-corrected chi connectivity index (χ2v) is 5.03. The summed E-state index contributed by atoms with van der Waals surface area (Å²) in [6, 6.07) is 3.03. The van der Waals surface area contributed by atoms with Crippen molar-refractivity contribution < 1.29 is 33.1 Å². The molecule has 1 heterocycles. The smallest absolute Gasteiger partial charge is 0.306 e. The first-order valence-corrected chi connectivity index (χ1v) is 8.11. The van der Waals surface area contributed by atoms with Crippen molar-refractivity contribution in [1.29, 1.82) is 0 Å². The Morgan fingerprint density at radius 2 is 1.52 bits per heavy atom. The Kier molecular flexibility index (Phi) is 8.92. The summed E-state index contributed by atoms with van der Waals surface area (Å²) >= 11 is 0. The zero-order chi connectivity index (χ0) is 18.7. The van der Waals surface area contributed by atoms with Crippen LogP contribution in [0.3, 0.4) is 0 Å². The summed E-state index contributed by atoms with van der Waals surface area (Å²) in [6.07, 6.45) is 2.76. The molecule has 0 amide bonds. The van der Waals surface area contributed by atoms with Gasteiger partial charge in [-0.15, -0.1) is 0 Å². The zero-order valence-electron chi connectivity index (χ0n) is 14.4. The van der Waals surface area contributed by atoms with Crippen LogP contribution in [0.5, 0.6) is 0 Å². The van der Waals surface area contributed by atoms with Crippen molar-refractivity contribution in [2.75, 3.05) is 13.2 Å². The molecule has 0 saturated heterocycles. The van der Waals surface area contributed by atoms with Gasteiger partial charge in [-0.05, 0) is 38.1 Å². The van der Waals surface area contributed by atoms with Crippen LogP contribution in [0, 0.1) is 0 Å². The fraction of sp³-hybridized carbons (Fsp3) is 0.444. The van der Waals surface area contributed by atoms with Gasteiger partial charge in [-0.3, -0.25) is 19.2 Å². The molecule has 0 spiro atoms. The third-order valence-corrected chi connectivity index (χ3v) is 3.08. The Labute approximate surface area is 146 Å². The second-order valence-electron chi connectivity index (χ2n) is 5.03. The van der Waals surface area contributed by atoms with Gasteiger partial charge in [0, 0.05) is 12.8 Å². The Balaban J connectivity index is 2.46. The molecule has 0 aliphatic rings. The van der Waals surface area contributed by atoms with E-state index in [1.807, 2.05) is 0 Å². The summed E-state index contributed by atoms with van der Waals surface area (Å²) in [5, 5.41) is 0. The molecule has 0 N–H and O–H groups in total. The lowest BCUT2D eigenvalue weighted by Gasteiger charge is -1.99. The number of furan rings is 1. The van der Waals surface area contributed by atoms with Crippen molar-refractivity contribution in [3.63, 3.8) is 0 Å². The SMILES string of the molecule is CCOC(=O)CCC(=O)C=Cc1ccc(C(=O)CCC(=O)OCC)o1. The predicted octanol–water partition coefficient (Wildman–Crippen LogP) is 2.73. The van der Waals surface area contributed by atoms with Crippen LogP contribution in [-0.2, 0) is 23.9 Å². The van der Waals surface area contributed by atoms with Crippen LogP contribution in [-0.4, -0.2) is 36.7 Å². The van der Waals surface area contributed by atoms with Crippen molar-refractivity contribution >= 4 is 29.6 Å². The summed E-state index contributed by atoms with van der Waals surface area (Å²) in [5.74, 6) is -0.973. The van der Waals surface area contributed by atoms with E-state index in [-0.39, 0.29) is 56.2 Å². The van der Waals surface area contributed by atoms with E-state index >= 15 is 0 Å². The van der Waals surface area contributed by atoms with Crippen molar-refractivity contribution in [3.05, 3.63) is 29.7 Å². The second kappa shape index (κ2) is 11.0. The van der Waals surface area contributed by atoms with Crippen LogP contribution in [0.15, 0.2) is 22.6 Å². The fourth-order valence-corrected chi connectivity index (χ4v) is 1.88. The molecule has 0 fully saturated rings. The topological polar surface area (TPSA) is 99.9 Å². The van der Waals surface area contributed by atoms with E-state index in [2.05, 4.69) is 0 Å². The first kappa shape index (κ1) is 20.3. The van der Waals surface area contributed by atoms with E-state index in [9.17, 15) is 19.2 Å². The molecular weight excluding hydrogens is 328 g/mol. The molecule has 0 radical (unpaired) electrons. The number of rotatable bonds is 11. The van der Waals surface area contributed by atoms with Gasteiger partial charge in [0.2, 0.25) is 0 Å². The first-order chi connectivity index (χ1) is 12.0. The van der Waals surface area contributed by atoms with Crippen LogP contribution in [0.1, 0.15) is 55.8 Å². The predicted molar refractivity (Wildman–Crippen MR) is 88.8 cm³/mol. The van der Waals surface area contributed by atoms with E-state index in [1.165, 1.54) is 18.2 Å². The van der Waals surface area contributed by atoms with Gasteiger partial charge in [0.05, 0.1) is 26.1 Å². The highest BCUT2D eigenvalue weighted by Crippen LogP contribution is 2.13. The third kappa shape index (κ3) is 8.10. The summed E-state index contributed by atoms with van der Waals surface area (Å²) in [7, 11) is 0. The van der Waals surface area contributed by atoms with Crippen LogP contribution in [0.4, 0.5) is 0 Å². The van der Waals surface area contributed by atoms with Gasteiger partial charge >= 0.3 is 11.9 Å². The van der Waals surface area contributed by atoms with Gasteiger partial charge in [0.15, 0.2) is 17.3 Å². The van der Waals surface area contributed by atoms with E-state index < -0.39 is 11.9 Å². The highest BCUT2D eigenvalue weighted by Gasteiger charge is 2.13. The number of hydrogen-bond donors (Lipinski definition) is 0. The molecule has 1 aromatic heterocycles. The molecule has 0 aliphatic heterocycles. The molecular formula is C18H22O7. The van der Waals surface area contributed by atoms with Crippen LogP contribution in [0.25, 0.3) is 6.08 Å². The molecule has 0 atom stereocenters. The van der Waals surface area contributed by atoms with Gasteiger partial charge in [0.1, 0.15) is 5.76 Å². The number of allylic oxidation sites excluding steroid dienone is 1. The normalized spacial score (nSPS) is 10.6. The molecule has 1 aromatic rings. The molecule has 0 aliphatic carbocycles. The summed E-state index contributed by atoms with van der Waals surface area (Å²) in [6.45, 7) is 3.94. The lowest BCUT2D eigenvalue weighted by atomic mass is 10.2. The first-order valence-electron chi connectivity index (χ1n) is 8.11. The maximum absolute atomic E-state index is 11.9. The summed E-state index contributed by atoms with van der Waals surface area (Å²) in [5.41, 5.74) is 0. The molecule has 136 valence electrons. The van der Waals surface area contributed by atoms with E-state index in [0.717, 1.165) is 0 Å². The molecule has 7 nitrogen and oxygen atoms in total. The highest BCUT2D eigenvalue weighted by atomic mass is 16.5. The van der Waals surface area contributed by atoms with Crippen LogP contribution in [0.2, 0.25) is 0 Å². The standard InChI is InChI=1S/C18H22O7/c1-3-23-17(21)11-6-13(19)5-7-14-8-10-16(25-14)15(20)9-12-18(22)24-4-2/h5,7-8,10H,3-4,6,9,11-12H2,1-2H3. The van der Waals surface area contributed by atoms with Gasteiger partial charge < -0.3 is 13.9 Å². The Bertz CT molecular complexity index is 640. The minimum atomic E-state index is -0.435. The molecule has 0 bridgehead atoms. The highest BCUT2D eigenvalue weighted by molar-refractivity contribution is 5.96. The number of Topliss-reactive ketones (excluding diaryl/α,β-unsaturated/α-hetero) is 1. The third-order valence-electron chi connectivity index (χ3n) is 3.08.